The summed E-state index contributed by atoms with van der Waals surface area (Å²) in [6.07, 6.45) is 0. The maximum absolute atomic E-state index is 10.8. The van der Waals surface area contributed by atoms with Crippen LogP contribution in [-0.4, -0.2) is 21.9 Å². The van der Waals surface area contributed by atoms with E-state index in [0.29, 0.717) is 0 Å². The fourth-order valence-corrected chi connectivity index (χ4v) is 0.995. The molecule has 0 bridgehead atoms. The van der Waals surface area contributed by atoms with Crippen molar-refractivity contribution < 1.29 is 9.72 Å². The molecule has 8 heteroatoms. The number of hydrogen-bond acceptors (Lipinski definition) is 6. The van der Waals surface area contributed by atoms with E-state index >= 15 is 0 Å². The van der Waals surface area contributed by atoms with E-state index < -0.39 is 16.9 Å². The van der Waals surface area contributed by atoms with Crippen LogP contribution in [0.2, 0.25) is 0 Å². The number of carbonyl (C=O) groups excluding carboxylic acids is 1. The molecular weight excluding hydrogens is 214 g/mol. The van der Waals surface area contributed by atoms with Gasteiger partial charge in [0, 0.05) is 6.07 Å². The van der Waals surface area contributed by atoms with E-state index in [4.69, 9.17) is 11.5 Å². The zero-order valence-corrected chi connectivity index (χ0v) is 8.51. The van der Waals surface area contributed by atoms with Crippen molar-refractivity contribution in [3.63, 3.8) is 0 Å². The Bertz CT molecular complexity index is 434. The number of rotatable bonds is 4. The first-order valence-electron chi connectivity index (χ1n) is 4.38. The molecule has 0 radical (unpaired) electrons. The van der Waals surface area contributed by atoms with E-state index in [0.717, 1.165) is 0 Å². The van der Waals surface area contributed by atoms with Crippen molar-refractivity contribution in [1.29, 1.82) is 0 Å². The number of aromatic nitrogens is 1. The molecule has 0 saturated heterocycles. The zero-order valence-electron chi connectivity index (χ0n) is 8.51. The summed E-state index contributed by atoms with van der Waals surface area (Å²) in [6, 6.07) is 1.93. The first-order valence-corrected chi connectivity index (χ1v) is 4.38. The first kappa shape index (κ1) is 11.7. The Balaban J connectivity index is 2.89. The summed E-state index contributed by atoms with van der Waals surface area (Å²) < 4.78 is 0. The summed E-state index contributed by atoms with van der Waals surface area (Å²) in [5.41, 5.74) is 10.1. The van der Waals surface area contributed by atoms with Crippen LogP contribution < -0.4 is 16.8 Å². The number of nitro groups is 1. The third kappa shape index (κ3) is 2.56. The van der Waals surface area contributed by atoms with Gasteiger partial charge in [0.25, 0.3) is 0 Å². The summed E-state index contributed by atoms with van der Waals surface area (Å²) in [6.45, 7) is 1.54. The van der Waals surface area contributed by atoms with Gasteiger partial charge in [-0.25, -0.2) is 4.98 Å². The van der Waals surface area contributed by atoms with Gasteiger partial charge in [0.1, 0.15) is 11.9 Å². The van der Waals surface area contributed by atoms with Crippen LogP contribution in [0.25, 0.3) is 0 Å². The summed E-state index contributed by atoms with van der Waals surface area (Å²) in [5, 5.41) is 13.1. The highest BCUT2D eigenvalue weighted by Gasteiger charge is 2.14. The van der Waals surface area contributed by atoms with E-state index in [1.54, 1.807) is 6.92 Å². The van der Waals surface area contributed by atoms with Crippen molar-refractivity contribution in [3.8, 4) is 0 Å². The number of carbonyl (C=O) groups is 1. The van der Waals surface area contributed by atoms with Crippen LogP contribution >= 0.6 is 0 Å². The highest BCUT2D eigenvalue weighted by molar-refractivity contribution is 5.82. The molecular formula is C8H11N5O3. The van der Waals surface area contributed by atoms with E-state index in [9.17, 15) is 14.9 Å². The predicted octanol–water partition coefficient (Wildman–Crippen LogP) is -0.142. The normalized spacial score (nSPS) is 11.8. The second-order valence-corrected chi connectivity index (χ2v) is 3.13. The highest BCUT2D eigenvalue weighted by atomic mass is 16.6. The van der Waals surface area contributed by atoms with Gasteiger partial charge in [-0.15, -0.1) is 0 Å². The maximum Gasteiger partial charge on any atom is 0.311 e. The number of nitrogens with zero attached hydrogens (tertiary/aromatic N) is 2. The summed E-state index contributed by atoms with van der Waals surface area (Å²) in [5.74, 6) is -0.514. The van der Waals surface area contributed by atoms with Crippen molar-refractivity contribution >= 4 is 23.2 Å². The number of anilines is 2. The van der Waals surface area contributed by atoms with E-state index in [2.05, 4.69) is 10.3 Å². The molecule has 0 aliphatic rings. The predicted molar refractivity (Wildman–Crippen MR) is 57.6 cm³/mol. The Morgan fingerprint density at radius 3 is 2.69 bits per heavy atom. The standard InChI is InChI=1S/C8H11N5O3/c1-4(8(10)14)11-6-3-2-5(13(15)16)7(9)12-6/h2-4H,1H3,(H2,10,14)(H3,9,11,12). The second kappa shape index (κ2) is 4.43. The number of hydrogen-bond donors (Lipinski definition) is 3. The number of nitrogen functional groups attached to an aromatic ring is 1. The second-order valence-electron chi connectivity index (χ2n) is 3.13. The topological polar surface area (TPSA) is 137 Å². The number of pyridine rings is 1. The van der Waals surface area contributed by atoms with Gasteiger partial charge in [0.15, 0.2) is 0 Å². The third-order valence-electron chi connectivity index (χ3n) is 1.89. The molecule has 16 heavy (non-hydrogen) atoms. The van der Waals surface area contributed by atoms with Gasteiger partial charge in [-0.2, -0.15) is 0 Å². The number of nitrogens with one attached hydrogen (secondary N) is 1. The zero-order chi connectivity index (χ0) is 12.3. The van der Waals surface area contributed by atoms with Crippen molar-refractivity contribution in [2.45, 2.75) is 13.0 Å². The van der Waals surface area contributed by atoms with E-state index in [1.165, 1.54) is 12.1 Å². The molecule has 1 aromatic heterocycles. The van der Waals surface area contributed by atoms with Crippen molar-refractivity contribution in [3.05, 3.63) is 22.2 Å². The van der Waals surface area contributed by atoms with Gasteiger partial charge in [0.2, 0.25) is 11.7 Å². The minimum absolute atomic E-state index is 0.216. The molecule has 0 saturated carbocycles. The molecule has 1 unspecified atom stereocenters. The number of nitrogens with two attached hydrogens (primary N) is 2. The lowest BCUT2D eigenvalue weighted by molar-refractivity contribution is -0.384. The van der Waals surface area contributed by atoms with Gasteiger partial charge in [-0.1, -0.05) is 0 Å². The molecule has 1 atom stereocenters. The molecule has 0 aliphatic carbocycles. The average Bonchev–Trinajstić information content (AvgIpc) is 2.16. The van der Waals surface area contributed by atoms with Crippen molar-refractivity contribution in [1.82, 2.24) is 4.98 Å². The van der Waals surface area contributed by atoms with E-state index in [1.807, 2.05) is 0 Å². The molecule has 0 aromatic carbocycles. The molecule has 1 rings (SSSR count). The minimum Gasteiger partial charge on any atom is -0.378 e. The Morgan fingerprint density at radius 1 is 1.62 bits per heavy atom. The van der Waals surface area contributed by atoms with Crippen molar-refractivity contribution in [2.24, 2.45) is 5.73 Å². The lowest BCUT2D eigenvalue weighted by Crippen LogP contribution is -2.32. The molecule has 1 heterocycles. The molecule has 8 nitrogen and oxygen atoms in total. The third-order valence-corrected chi connectivity index (χ3v) is 1.89. The summed E-state index contributed by atoms with van der Waals surface area (Å²) >= 11 is 0. The molecule has 0 fully saturated rings. The fraction of sp³-hybridized carbons (Fsp3) is 0.250. The number of primary amides is 1. The van der Waals surface area contributed by atoms with Gasteiger partial charge in [-0.3, -0.25) is 14.9 Å². The molecule has 1 amide bonds. The van der Waals surface area contributed by atoms with Crippen LogP contribution in [-0.2, 0) is 4.79 Å². The van der Waals surface area contributed by atoms with Crippen LogP contribution in [0.1, 0.15) is 6.92 Å². The number of amides is 1. The average molecular weight is 225 g/mol. The van der Waals surface area contributed by atoms with Crippen LogP contribution in [0.15, 0.2) is 12.1 Å². The minimum atomic E-state index is -0.635. The lowest BCUT2D eigenvalue weighted by atomic mass is 10.3. The first-order chi connectivity index (χ1) is 7.41. The van der Waals surface area contributed by atoms with Gasteiger partial charge >= 0.3 is 5.69 Å². The SMILES string of the molecule is CC(Nc1ccc([N+](=O)[O-])c(N)n1)C(N)=O. The fourth-order valence-electron chi connectivity index (χ4n) is 0.995. The Hall–Kier alpha value is -2.38. The summed E-state index contributed by atoms with van der Waals surface area (Å²) in [7, 11) is 0. The Morgan fingerprint density at radius 2 is 2.25 bits per heavy atom. The molecule has 1 aromatic rings. The largest absolute Gasteiger partial charge is 0.378 e. The van der Waals surface area contributed by atoms with Gasteiger partial charge in [-0.05, 0) is 13.0 Å². The maximum atomic E-state index is 10.8. The van der Waals surface area contributed by atoms with Gasteiger partial charge in [0.05, 0.1) is 4.92 Å². The van der Waals surface area contributed by atoms with Crippen molar-refractivity contribution in [2.75, 3.05) is 11.1 Å². The van der Waals surface area contributed by atoms with E-state index in [-0.39, 0.29) is 17.3 Å². The quantitative estimate of drug-likeness (QED) is 0.481. The molecule has 0 aliphatic heterocycles. The Labute approximate surface area is 90.8 Å². The molecule has 0 spiro atoms. The lowest BCUT2D eigenvalue weighted by Gasteiger charge is -2.10. The Kier molecular flexibility index (Phi) is 3.24. The smallest absolute Gasteiger partial charge is 0.311 e. The highest BCUT2D eigenvalue weighted by Crippen LogP contribution is 2.20. The summed E-state index contributed by atoms with van der Waals surface area (Å²) in [4.78, 5) is 24.3. The molecule has 86 valence electrons. The van der Waals surface area contributed by atoms with Gasteiger partial charge < -0.3 is 16.8 Å². The van der Waals surface area contributed by atoms with Crippen LogP contribution in [0, 0.1) is 10.1 Å². The molecule has 5 N–H and O–H groups in total. The monoisotopic (exact) mass is 225 g/mol. The van der Waals surface area contributed by atoms with Crippen LogP contribution in [0.5, 0.6) is 0 Å². The van der Waals surface area contributed by atoms with Crippen LogP contribution in [0.4, 0.5) is 17.3 Å². The van der Waals surface area contributed by atoms with Crippen LogP contribution in [0.3, 0.4) is 0 Å².